The molecule has 0 unspecified atom stereocenters. The summed E-state index contributed by atoms with van der Waals surface area (Å²) in [6, 6.07) is 4.76. The van der Waals surface area contributed by atoms with Crippen LogP contribution in [0.5, 0.6) is 0 Å². The van der Waals surface area contributed by atoms with Crippen molar-refractivity contribution in [2.75, 3.05) is 44.8 Å². The number of rotatable bonds is 10. The third kappa shape index (κ3) is 6.47. The molecule has 1 fully saturated rings. The molecular formula is C22H31N5O4S. The van der Waals surface area contributed by atoms with E-state index in [0.29, 0.717) is 43.1 Å². The largest absolute Gasteiger partial charge is 0.379 e. The highest BCUT2D eigenvalue weighted by molar-refractivity contribution is 7.80. The molecule has 174 valence electrons. The van der Waals surface area contributed by atoms with Crippen LogP contribution < -0.4 is 5.32 Å². The Labute approximate surface area is 193 Å². The van der Waals surface area contributed by atoms with E-state index < -0.39 is 4.92 Å². The van der Waals surface area contributed by atoms with Gasteiger partial charge in [-0.1, -0.05) is 6.07 Å². The molecule has 0 spiro atoms. The van der Waals surface area contributed by atoms with Gasteiger partial charge in [0.2, 0.25) is 0 Å². The van der Waals surface area contributed by atoms with E-state index in [-0.39, 0.29) is 5.69 Å². The van der Waals surface area contributed by atoms with Gasteiger partial charge in [0.25, 0.3) is 5.69 Å². The molecule has 2 aromatic rings. The molecule has 1 aromatic heterocycles. The van der Waals surface area contributed by atoms with Gasteiger partial charge in [-0.25, -0.2) is 4.98 Å². The topological polar surface area (TPSA) is 94.7 Å². The van der Waals surface area contributed by atoms with Crippen molar-refractivity contribution in [1.29, 1.82) is 0 Å². The first kappa shape index (κ1) is 24.1. The lowest BCUT2D eigenvalue weighted by Gasteiger charge is -2.34. The molecule has 0 aliphatic carbocycles. The summed E-state index contributed by atoms with van der Waals surface area (Å²) in [5, 5.41) is 14.9. The first-order valence-electron chi connectivity index (χ1n) is 11.0. The maximum absolute atomic E-state index is 11.1. The van der Waals surface area contributed by atoms with E-state index in [9.17, 15) is 10.1 Å². The minimum atomic E-state index is -0.398. The number of aryl methyl sites for hydroxylation is 1. The maximum atomic E-state index is 11.1. The fraction of sp³-hybridized carbons (Fsp3) is 0.545. The molecular weight excluding hydrogens is 430 g/mol. The standard InChI is InChI=1S/C22H31N5O4S/c1-3-30-14-15-31-13-12-25-11-8-23-21(25)18-6-9-26(10-7-18)22(32)24-20-16-19(27(28)29)5-4-17(20)2/h4-5,8,11,16,18H,3,6-7,9-10,12-15H2,1-2H3,(H,24,32). The van der Waals surface area contributed by atoms with Crippen LogP contribution in [0.2, 0.25) is 0 Å². The molecule has 0 atom stereocenters. The van der Waals surface area contributed by atoms with E-state index in [2.05, 4.69) is 19.8 Å². The van der Waals surface area contributed by atoms with Gasteiger partial charge in [0.15, 0.2) is 5.11 Å². The van der Waals surface area contributed by atoms with Crippen molar-refractivity contribution in [3.05, 3.63) is 52.1 Å². The summed E-state index contributed by atoms with van der Waals surface area (Å²) >= 11 is 5.59. The van der Waals surface area contributed by atoms with Gasteiger partial charge in [0, 0.05) is 62.4 Å². The lowest BCUT2D eigenvalue weighted by atomic mass is 9.96. The number of ether oxygens (including phenoxy) is 2. The first-order chi connectivity index (χ1) is 15.5. The van der Waals surface area contributed by atoms with Gasteiger partial charge in [-0.2, -0.15) is 0 Å². The maximum Gasteiger partial charge on any atom is 0.271 e. The van der Waals surface area contributed by atoms with Gasteiger partial charge in [-0.05, 0) is 44.5 Å². The number of nitrogens with zero attached hydrogens (tertiary/aromatic N) is 4. The van der Waals surface area contributed by atoms with E-state index in [1.807, 2.05) is 26.2 Å². The number of nitrogens with one attached hydrogen (secondary N) is 1. The van der Waals surface area contributed by atoms with Crippen LogP contribution in [-0.4, -0.2) is 64.0 Å². The van der Waals surface area contributed by atoms with Crippen LogP contribution in [0.1, 0.15) is 37.1 Å². The molecule has 9 nitrogen and oxygen atoms in total. The zero-order valence-corrected chi connectivity index (χ0v) is 19.5. The van der Waals surface area contributed by atoms with Gasteiger partial charge in [0.1, 0.15) is 5.82 Å². The third-order valence-electron chi connectivity index (χ3n) is 5.62. The molecule has 0 amide bonds. The summed E-state index contributed by atoms with van der Waals surface area (Å²) in [5.41, 5.74) is 1.64. The summed E-state index contributed by atoms with van der Waals surface area (Å²) < 4.78 is 13.1. The average molecular weight is 462 g/mol. The highest BCUT2D eigenvalue weighted by atomic mass is 32.1. The van der Waals surface area contributed by atoms with E-state index in [4.69, 9.17) is 21.7 Å². The van der Waals surface area contributed by atoms with Crippen LogP contribution >= 0.6 is 12.2 Å². The number of hydrogen-bond acceptors (Lipinski definition) is 6. The quantitative estimate of drug-likeness (QED) is 0.248. The molecule has 32 heavy (non-hydrogen) atoms. The number of aromatic nitrogens is 2. The van der Waals surface area contributed by atoms with Crippen LogP contribution in [0.3, 0.4) is 0 Å². The van der Waals surface area contributed by atoms with Crippen LogP contribution in [0.15, 0.2) is 30.6 Å². The molecule has 2 heterocycles. The number of benzene rings is 1. The second kappa shape index (κ2) is 11.9. The number of thiocarbonyl (C=S) groups is 1. The predicted molar refractivity (Wildman–Crippen MR) is 127 cm³/mol. The van der Waals surface area contributed by atoms with Crippen LogP contribution in [0, 0.1) is 17.0 Å². The molecule has 0 saturated carbocycles. The summed E-state index contributed by atoms with van der Waals surface area (Å²) in [5.74, 6) is 1.46. The zero-order chi connectivity index (χ0) is 22.9. The van der Waals surface area contributed by atoms with Gasteiger partial charge in [0.05, 0.1) is 24.7 Å². The average Bonchev–Trinajstić information content (AvgIpc) is 3.26. The molecule has 10 heteroatoms. The van der Waals surface area contributed by atoms with Crippen molar-refractivity contribution in [1.82, 2.24) is 14.5 Å². The Hall–Kier alpha value is -2.56. The van der Waals surface area contributed by atoms with Gasteiger partial charge >= 0.3 is 0 Å². The van der Waals surface area contributed by atoms with Crippen LogP contribution in [-0.2, 0) is 16.0 Å². The Kier molecular flexibility index (Phi) is 8.95. The second-order valence-corrected chi connectivity index (χ2v) is 8.12. The second-order valence-electron chi connectivity index (χ2n) is 7.74. The number of likely N-dealkylation sites (tertiary alicyclic amines) is 1. The molecule has 1 aliphatic rings. The molecule has 0 radical (unpaired) electrons. The molecule has 1 saturated heterocycles. The number of piperidine rings is 1. The number of hydrogen-bond donors (Lipinski definition) is 1. The molecule has 1 aromatic carbocycles. The predicted octanol–water partition coefficient (Wildman–Crippen LogP) is 3.73. The Morgan fingerprint density at radius 3 is 2.75 bits per heavy atom. The summed E-state index contributed by atoms with van der Waals surface area (Å²) in [7, 11) is 0. The van der Waals surface area contributed by atoms with Crippen LogP contribution in [0.25, 0.3) is 0 Å². The van der Waals surface area contributed by atoms with Gasteiger partial charge < -0.3 is 24.3 Å². The van der Waals surface area contributed by atoms with Crippen molar-refractivity contribution < 1.29 is 14.4 Å². The van der Waals surface area contributed by atoms with Crippen molar-refractivity contribution in [3.63, 3.8) is 0 Å². The minimum Gasteiger partial charge on any atom is -0.379 e. The normalized spacial score (nSPS) is 14.5. The number of non-ortho nitro benzene ring substituents is 1. The fourth-order valence-electron chi connectivity index (χ4n) is 3.79. The molecule has 3 rings (SSSR count). The van der Waals surface area contributed by atoms with Crippen molar-refractivity contribution in [2.45, 2.75) is 39.2 Å². The van der Waals surface area contributed by atoms with Crippen LogP contribution in [0.4, 0.5) is 11.4 Å². The number of anilines is 1. The Morgan fingerprint density at radius 1 is 1.28 bits per heavy atom. The third-order valence-corrected chi connectivity index (χ3v) is 5.98. The van der Waals surface area contributed by atoms with Crippen molar-refractivity contribution in [3.8, 4) is 0 Å². The lowest BCUT2D eigenvalue weighted by Crippen LogP contribution is -2.40. The smallest absolute Gasteiger partial charge is 0.271 e. The number of nitro groups is 1. The Balaban J connectivity index is 1.49. The molecule has 1 N–H and O–H groups in total. The fourth-order valence-corrected chi connectivity index (χ4v) is 4.08. The van der Waals surface area contributed by atoms with E-state index in [1.165, 1.54) is 12.1 Å². The lowest BCUT2D eigenvalue weighted by molar-refractivity contribution is -0.384. The SMILES string of the molecule is CCOCCOCCn1ccnc1C1CCN(C(=S)Nc2cc([N+](=O)[O-])ccc2C)CC1. The Morgan fingerprint density at radius 2 is 2.03 bits per heavy atom. The van der Waals surface area contributed by atoms with E-state index in [0.717, 1.165) is 43.9 Å². The summed E-state index contributed by atoms with van der Waals surface area (Å²) in [4.78, 5) is 17.4. The Bertz CT molecular complexity index is 911. The highest BCUT2D eigenvalue weighted by Gasteiger charge is 2.25. The van der Waals surface area contributed by atoms with Crippen molar-refractivity contribution in [2.24, 2.45) is 0 Å². The molecule has 0 bridgehead atoms. The number of nitro benzene ring substituents is 1. The first-order valence-corrected chi connectivity index (χ1v) is 11.4. The number of imidazole rings is 1. The minimum absolute atomic E-state index is 0.0494. The monoisotopic (exact) mass is 461 g/mol. The highest BCUT2D eigenvalue weighted by Crippen LogP contribution is 2.28. The summed E-state index contributed by atoms with van der Waals surface area (Å²) in [6.07, 6.45) is 5.74. The molecule has 1 aliphatic heterocycles. The zero-order valence-electron chi connectivity index (χ0n) is 18.7. The van der Waals surface area contributed by atoms with E-state index >= 15 is 0 Å². The van der Waals surface area contributed by atoms with E-state index in [1.54, 1.807) is 6.07 Å². The van der Waals surface area contributed by atoms with Gasteiger partial charge in [-0.15, -0.1) is 0 Å². The summed E-state index contributed by atoms with van der Waals surface area (Å²) in [6.45, 7) is 8.82. The van der Waals surface area contributed by atoms with Gasteiger partial charge in [-0.3, -0.25) is 10.1 Å². The van der Waals surface area contributed by atoms with Crippen molar-refractivity contribution >= 4 is 28.7 Å².